The summed E-state index contributed by atoms with van der Waals surface area (Å²) < 4.78 is 1.88. The standard InChI is InChI=1S/C19H32N6O.HI/c1-2-20-19(21-11-14-25-12-6-10-22-25)23-17-9-13-24(15-17)18(26)16-7-4-3-5-8-16;/h6,10,12,16-17H,2-5,7-9,11,13-15H2,1H3,(H2,20,21,23);1H. The van der Waals surface area contributed by atoms with Gasteiger partial charge in [-0.15, -0.1) is 24.0 Å². The van der Waals surface area contributed by atoms with E-state index in [1.54, 1.807) is 6.20 Å². The third-order valence-corrected chi connectivity index (χ3v) is 5.30. The highest BCUT2D eigenvalue weighted by molar-refractivity contribution is 14.0. The summed E-state index contributed by atoms with van der Waals surface area (Å²) in [7, 11) is 0. The van der Waals surface area contributed by atoms with Crippen LogP contribution < -0.4 is 10.6 Å². The number of hydrogen-bond acceptors (Lipinski definition) is 3. The van der Waals surface area contributed by atoms with Crippen LogP contribution in [0.25, 0.3) is 0 Å². The Labute approximate surface area is 179 Å². The van der Waals surface area contributed by atoms with Crippen molar-refractivity contribution in [1.82, 2.24) is 25.3 Å². The van der Waals surface area contributed by atoms with E-state index in [0.717, 1.165) is 51.4 Å². The Balaban J connectivity index is 0.00000261. The van der Waals surface area contributed by atoms with Crippen molar-refractivity contribution >= 4 is 35.8 Å². The van der Waals surface area contributed by atoms with E-state index >= 15 is 0 Å². The molecule has 2 fully saturated rings. The number of nitrogens with one attached hydrogen (secondary N) is 2. The Kier molecular flexibility index (Phi) is 9.36. The van der Waals surface area contributed by atoms with Gasteiger partial charge in [0.25, 0.3) is 0 Å². The Morgan fingerprint density at radius 3 is 2.78 bits per heavy atom. The van der Waals surface area contributed by atoms with Crippen molar-refractivity contribution in [2.45, 2.75) is 58.0 Å². The number of amides is 1. The van der Waals surface area contributed by atoms with E-state index in [1.165, 1.54) is 19.3 Å². The van der Waals surface area contributed by atoms with Gasteiger partial charge >= 0.3 is 0 Å². The van der Waals surface area contributed by atoms with Crippen molar-refractivity contribution in [3.63, 3.8) is 0 Å². The summed E-state index contributed by atoms with van der Waals surface area (Å²) >= 11 is 0. The van der Waals surface area contributed by atoms with E-state index < -0.39 is 0 Å². The predicted octanol–water partition coefficient (Wildman–Crippen LogP) is 2.24. The van der Waals surface area contributed by atoms with Gasteiger partial charge in [-0.2, -0.15) is 5.10 Å². The molecule has 0 radical (unpaired) electrons. The average Bonchev–Trinajstić information content (AvgIpc) is 3.34. The number of aromatic nitrogens is 2. The lowest BCUT2D eigenvalue weighted by Gasteiger charge is -2.26. The summed E-state index contributed by atoms with van der Waals surface area (Å²) in [6.07, 6.45) is 10.6. The molecule has 0 aromatic carbocycles. The first-order valence-corrected chi connectivity index (χ1v) is 10.1. The molecule has 1 aromatic heterocycles. The van der Waals surface area contributed by atoms with Crippen molar-refractivity contribution < 1.29 is 4.79 Å². The molecule has 152 valence electrons. The molecular formula is C19H33IN6O. The van der Waals surface area contributed by atoms with Crippen LogP contribution in [-0.2, 0) is 11.3 Å². The quantitative estimate of drug-likeness (QED) is 0.366. The maximum absolute atomic E-state index is 12.7. The predicted molar refractivity (Wildman–Crippen MR) is 118 cm³/mol. The minimum atomic E-state index is 0. The molecule has 2 aliphatic rings. The highest BCUT2D eigenvalue weighted by Crippen LogP contribution is 2.26. The van der Waals surface area contributed by atoms with Crippen LogP contribution in [0.5, 0.6) is 0 Å². The van der Waals surface area contributed by atoms with Gasteiger partial charge in [0, 0.05) is 44.0 Å². The number of rotatable bonds is 6. The number of carbonyl (C=O) groups is 1. The molecule has 2 N–H and O–H groups in total. The van der Waals surface area contributed by atoms with Crippen LogP contribution >= 0.6 is 24.0 Å². The zero-order chi connectivity index (χ0) is 18.2. The molecule has 0 spiro atoms. The van der Waals surface area contributed by atoms with Crippen molar-refractivity contribution in [1.29, 1.82) is 0 Å². The molecule has 0 bridgehead atoms. The normalized spacial score (nSPS) is 21.0. The molecule has 7 nitrogen and oxygen atoms in total. The lowest BCUT2D eigenvalue weighted by atomic mass is 9.88. The van der Waals surface area contributed by atoms with E-state index in [4.69, 9.17) is 0 Å². The molecule has 1 aromatic rings. The first kappa shape index (κ1) is 22.0. The van der Waals surface area contributed by atoms with E-state index in [0.29, 0.717) is 12.5 Å². The molecule has 1 atom stereocenters. The second-order valence-corrected chi connectivity index (χ2v) is 7.28. The van der Waals surface area contributed by atoms with E-state index in [-0.39, 0.29) is 35.9 Å². The molecule has 1 aliphatic carbocycles. The van der Waals surface area contributed by atoms with Crippen LogP contribution in [0.2, 0.25) is 0 Å². The molecule has 1 saturated carbocycles. The minimum Gasteiger partial charge on any atom is -0.357 e. The average molecular weight is 488 g/mol. The fourth-order valence-corrected chi connectivity index (χ4v) is 3.90. The third kappa shape index (κ3) is 6.65. The number of aliphatic imine (C=N–C) groups is 1. The molecule has 3 rings (SSSR count). The molecule has 1 amide bonds. The summed E-state index contributed by atoms with van der Waals surface area (Å²) in [6, 6.07) is 2.20. The number of likely N-dealkylation sites (tertiary alicyclic amines) is 1. The molecular weight excluding hydrogens is 455 g/mol. The van der Waals surface area contributed by atoms with Crippen molar-refractivity contribution in [2.75, 3.05) is 26.2 Å². The maximum Gasteiger partial charge on any atom is 0.225 e. The van der Waals surface area contributed by atoms with Gasteiger partial charge in [-0.05, 0) is 32.3 Å². The Bertz CT molecular complexity index is 585. The van der Waals surface area contributed by atoms with Crippen molar-refractivity contribution in [3.8, 4) is 0 Å². The van der Waals surface area contributed by atoms with Gasteiger partial charge in [-0.3, -0.25) is 14.5 Å². The highest BCUT2D eigenvalue weighted by Gasteiger charge is 2.31. The molecule has 1 unspecified atom stereocenters. The maximum atomic E-state index is 12.7. The second kappa shape index (κ2) is 11.5. The lowest BCUT2D eigenvalue weighted by Crippen LogP contribution is -2.45. The molecule has 1 aliphatic heterocycles. The van der Waals surface area contributed by atoms with Gasteiger partial charge in [0.2, 0.25) is 5.91 Å². The van der Waals surface area contributed by atoms with Crippen LogP contribution in [0.1, 0.15) is 45.4 Å². The molecule has 2 heterocycles. The van der Waals surface area contributed by atoms with E-state index in [1.807, 2.05) is 16.9 Å². The Morgan fingerprint density at radius 2 is 2.07 bits per heavy atom. The van der Waals surface area contributed by atoms with Crippen LogP contribution in [0, 0.1) is 5.92 Å². The number of hydrogen-bond donors (Lipinski definition) is 2. The summed E-state index contributed by atoms with van der Waals surface area (Å²) in [5.41, 5.74) is 0. The van der Waals surface area contributed by atoms with Crippen LogP contribution in [0.15, 0.2) is 23.5 Å². The van der Waals surface area contributed by atoms with E-state index in [2.05, 4.69) is 32.5 Å². The van der Waals surface area contributed by atoms with Crippen molar-refractivity contribution in [3.05, 3.63) is 18.5 Å². The summed E-state index contributed by atoms with van der Waals surface area (Å²) in [5, 5.41) is 11.0. The lowest BCUT2D eigenvalue weighted by molar-refractivity contribution is -0.135. The van der Waals surface area contributed by atoms with Gasteiger partial charge in [-0.1, -0.05) is 19.3 Å². The highest BCUT2D eigenvalue weighted by atomic mass is 127. The fourth-order valence-electron chi connectivity index (χ4n) is 3.90. The first-order chi connectivity index (χ1) is 12.8. The largest absolute Gasteiger partial charge is 0.357 e. The van der Waals surface area contributed by atoms with Gasteiger partial charge in [0.1, 0.15) is 0 Å². The third-order valence-electron chi connectivity index (χ3n) is 5.30. The zero-order valence-corrected chi connectivity index (χ0v) is 18.6. The van der Waals surface area contributed by atoms with Gasteiger partial charge in [-0.25, -0.2) is 0 Å². The van der Waals surface area contributed by atoms with Gasteiger partial charge < -0.3 is 15.5 Å². The Morgan fingerprint density at radius 1 is 1.26 bits per heavy atom. The van der Waals surface area contributed by atoms with E-state index in [9.17, 15) is 4.79 Å². The smallest absolute Gasteiger partial charge is 0.225 e. The molecule has 8 heteroatoms. The van der Waals surface area contributed by atoms with Gasteiger partial charge in [0.15, 0.2) is 5.96 Å². The number of halogens is 1. The number of carbonyl (C=O) groups excluding carboxylic acids is 1. The SMILES string of the molecule is CCNC(=NCCn1cccn1)NC1CCN(C(=O)C2CCCCC2)C1.I. The first-order valence-electron chi connectivity index (χ1n) is 10.1. The van der Waals surface area contributed by atoms with Crippen molar-refractivity contribution in [2.24, 2.45) is 10.9 Å². The van der Waals surface area contributed by atoms with Gasteiger partial charge in [0.05, 0.1) is 13.1 Å². The Hall–Kier alpha value is -1.32. The monoisotopic (exact) mass is 488 g/mol. The summed E-state index contributed by atoms with van der Waals surface area (Å²) in [4.78, 5) is 19.4. The topological polar surface area (TPSA) is 74.6 Å². The fraction of sp³-hybridized carbons (Fsp3) is 0.737. The van der Waals surface area contributed by atoms with Crippen LogP contribution in [0.3, 0.4) is 0 Å². The van der Waals surface area contributed by atoms with Crippen LogP contribution in [0.4, 0.5) is 0 Å². The van der Waals surface area contributed by atoms with Crippen LogP contribution in [-0.4, -0.2) is 58.8 Å². The number of guanidine groups is 1. The minimum absolute atomic E-state index is 0. The molecule has 1 saturated heterocycles. The zero-order valence-electron chi connectivity index (χ0n) is 16.3. The second-order valence-electron chi connectivity index (χ2n) is 7.28. The molecule has 27 heavy (non-hydrogen) atoms. The number of nitrogens with zero attached hydrogens (tertiary/aromatic N) is 4. The summed E-state index contributed by atoms with van der Waals surface area (Å²) in [6.45, 7) is 5.98. The summed E-state index contributed by atoms with van der Waals surface area (Å²) in [5.74, 6) is 1.46.